The molecular formula is C27H17F2N3O. The highest BCUT2D eigenvalue weighted by Gasteiger charge is 2.63. The second-order valence-electron chi connectivity index (χ2n) is 8.21. The Morgan fingerprint density at radius 1 is 0.909 bits per heavy atom. The molecule has 1 saturated heterocycles. The van der Waals surface area contributed by atoms with Crippen LogP contribution in [0.25, 0.3) is 6.08 Å². The summed E-state index contributed by atoms with van der Waals surface area (Å²) in [6, 6.07) is 20.9. The van der Waals surface area contributed by atoms with Crippen LogP contribution < -0.4 is 4.90 Å². The number of carbonyl (C=O) groups excluding carboxylic acids is 1. The fraction of sp³-hybridized carbons (Fsp3) is 0.148. The van der Waals surface area contributed by atoms with E-state index in [2.05, 4.69) is 12.1 Å². The van der Waals surface area contributed by atoms with Gasteiger partial charge in [0.25, 0.3) is 0 Å². The Morgan fingerprint density at radius 3 is 2.33 bits per heavy atom. The minimum Gasteiger partial charge on any atom is -0.351 e. The summed E-state index contributed by atoms with van der Waals surface area (Å²) in [5, 5.41) is 20.6. The van der Waals surface area contributed by atoms with E-state index in [0.717, 1.165) is 5.56 Å². The first kappa shape index (κ1) is 20.6. The SMILES string of the molecule is N#CC1(C#N)[C@H](c2cccc(F)c2)[C@H](C(=O)c2ccc(F)cc2)N2c3ccccc3C=C[C@@H]21. The summed E-state index contributed by atoms with van der Waals surface area (Å²) in [6.45, 7) is 0. The highest BCUT2D eigenvalue weighted by atomic mass is 19.1. The number of para-hydroxylation sites is 1. The molecule has 0 saturated carbocycles. The molecule has 0 radical (unpaired) electrons. The fourth-order valence-corrected chi connectivity index (χ4v) is 5.09. The molecule has 0 aliphatic carbocycles. The number of nitrogens with zero attached hydrogens (tertiary/aromatic N) is 3. The van der Waals surface area contributed by atoms with Crippen LogP contribution in [0.3, 0.4) is 0 Å². The number of carbonyl (C=O) groups is 1. The summed E-state index contributed by atoms with van der Waals surface area (Å²) in [5.74, 6) is -2.31. The smallest absolute Gasteiger partial charge is 0.185 e. The van der Waals surface area contributed by atoms with Crippen LogP contribution in [0.1, 0.15) is 27.4 Å². The van der Waals surface area contributed by atoms with Crippen LogP contribution in [-0.4, -0.2) is 17.9 Å². The molecule has 3 aromatic rings. The lowest BCUT2D eigenvalue weighted by molar-refractivity contribution is 0.0951. The Morgan fingerprint density at radius 2 is 1.64 bits per heavy atom. The Kier molecular flexibility index (Phi) is 4.80. The molecule has 0 N–H and O–H groups in total. The van der Waals surface area contributed by atoms with Crippen LogP contribution in [0.5, 0.6) is 0 Å². The normalized spacial score (nSPS) is 22.1. The molecule has 0 aromatic heterocycles. The minimum absolute atomic E-state index is 0.250. The standard InChI is InChI=1S/C27H17F2N3O/c28-20-11-8-18(9-12-20)26(33)25-24(19-5-3-6-21(29)14-19)27(15-30,16-31)23-13-10-17-4-1-2-7-22(17)32(23)25/h1-14,23-25H/t23-,24-,25-/m1/s1. The van der Waals surface area contributed by atoms with Gasteiger partial charge >= 0.3 is 0 Å². The first-order chi connectivity index (χ1) is 16.0. The zero-order valence-corrected chi connectivity index (χ0v) is 17.3. The van der Waals surface area contributed by atoms with Gasteiger partial charge in [0.15, 0.2) is 11.2 Å². The van der Waals surface area contributed by atoms with Gasteiger partial charge in [-0.05, 0) is 53.6 Å². The molecular weight excluding hydrogens is 420 g/mol. The molecule has 33 heavy (non-hydrogen) atoms. The van der Waals surface area contributed by atoms with E-state index in [-0.39, 0.29) is 11.3 Å². The third-order valence-electron chi connectivity index (χ3n) is 6.52. The molecule has 0 amide bonds. The number of fused-ring (bicyclic) bond motifs is 3. The number of rotatable bonds is 3. The number of Topliss-reactive ketones (excluding diaryl/α,β-unsaturated/α-hetero) is 1. The van der Waals surface area contributed by atoms with Gasteiger partial charge in [0.1, 0.15) is 17.7 Å². The summed E-state index contributed by atoms with van der Waals surface area (Å²) in [6.07, 6.45) is 3.60. The Balaban J connectivity index is 1.79. The van der Waals surface area contributed by atoms with Gasteiger partial charge in [0.2, 0.25) is 0 Å². The van der Waals surface area contributed by atoms with Gasteiger partial charge in [-0.25, -0.2) is 8.78 Å². The summed E-state index contributed by atoms with van der Waals surface area (Å²) in [5.41, 5.74) is 0.534. The topological polar surface area (TPSA) is 67.9 Å². The summed E-state index contributed by atoms with van der Waals surface area (Å²) in [4.78, 5) is 15.7. The average molecular weight is 437 g/mol. The van der Waals surface area contributed by atoms with Crippen molar-refractivity contribution in [3.63, 3.8) is 0 Å². The number of nitriles is 2. The Labute approximate surface area is 189 Å². The van der Waals surface area contributed by atoms with Crippen LogP contribution in [0, 0.1) is 39.7 Å². The van der Waals surface area contributed by atoms with E-state index in [9.17, 15) is 24.1 Å². The van der Waals surface area contributed by atoms with Crippen LogP contribution in [0.15, 0.2) is 78.9 Å². The largest absolute Gasteiger partial charge is 0.351 e. The Hall–Kier alpha value is -4.29. The van der Waals surface area contributed by atoms with E-state index in [1.807, 2.05) is 30.3 Å². The number of hydrogen-bond acceptors (Lipinski definition) is 4. The summed E-state index contributed by atoms with van der Waals surface area (Å²) < 4.78 is 27.8. The van der Waals surface area contributed by atoms with Crippen LogP contribution >= 0.6 is 0 Å². The van der Waals surface area contributed by atoms with Crippen molar-refractivity contribution in [2.24, 2.45) is 5.41 Å². The molecule has 1 fully saturated rings. The summed E-state index contributed by atoms with van der Waals surface area (Å²) >= 11 is 0. The summed E-state index contributed by atoms with van der Waals surface area (Å²) in [7, 11) is 0. The van der Waals surface area contributed by atoms with E-state index in [0.29, 0.717) is 11.3 Å². The zero-order chi connectivity index (χ0) is 23.2. The van der Waals surface area contributed by atoms with Crippen LogP contribution in [0.2, 0.25) is 0 Å². The second kappa shape index (κ2) is 7.69. The van der Waals surface area contributed by atoms with Crippen LogP contribution in [-0.2, 0) is 0 Å². The van der Waals surface area contributed by atoms with Crippen molar-refractivity contribution in [1.82, 2.24) is 0 Å². The highest BCUT2D eigenvalue weighted by molar-refractivity contribution is 6.04. The molecule has 4 nitrogen and oxygen atoms in total. The van der Waals surface area contributed by atoms with Gasteiger partial charge in [-0.15, -0.1) is 0 Å². The van der Waals surface area contributed by atoms with Crippen molar-refractivity contribution in [3.8, 4) is 12.1 Å². The Bertz CT molecular complexity index is 1350. The number of benzene rings is 3. The van der Waals surface area contributed by atoms with Gasteiger partial charge in [-0.1, -0.05) is 42.5 Å². The molecule has 3 aromatic carbocycles. The quantitative estimate of drug-likeness (QED) is 0.525. The number of halogens is 2. The second-order valence-corrected chi connectivity index (χ2v) is 8.21. The lowest BCUT2D eigenvalue weighted by Gasteiger charge is -2.35. The molecule has 0 bridgehead atoms. The lowest BCUT2D eigenvalue weighted by Crippen LogP contribution is -2.44. The van der Waals surface area contributed by atoms with Crippen molar-refractivity contribution < 1.29 is 13.6 Å². The predicted octanol–water partition coefficient (Wildman–Crippen LogP) is 5.25. The molecule has 3 atom stereocenters. The van der Waals surface area contributed by atoms with Gasteiger partial charge in [-0.3, -0.25) is 4.79 Å². The number of hydrogen-bond donors (Lipinski definition) is 0. The average Bonchev–Trinajstić information content (AvgIpc) is 3.15. The van der Waals surface area contributed by atoms with E-state index in [4.69, 9.17) is 0 Å². The molecule has 160 valence electrons. The van der Waals surface area contributed by atoms with Crippen molar-refractivity contribution in [2.45, 2.75) is 18.0 Å². The molecule has 2 heterocycles. The fourth-order valence-electron chi connectivity index (χ4n) is 5.09. The maximum atomic E-state index is 14.3. The third kappa shape index (κ3) is 3.03. The molecule has 2 aliphatic rings. The molecule has 6 heteroatoms. The van der Waals surface area contributed by atoms with Crippen molar-refractivity contribution in [2.75, 3.05) is 4.90 Å². The van der Waals surface area contributed by atoms with Crippen LogP contribution in [0.4, 0.5) is 14.5 Å². The highest BCUT2D eigenvalue weighted by Crippen LogP contribution is 2.55. The number of ketones is 1. The van der Waals surface area contributed by atoms with Gasteiger partial charge in [0, 0.05) is 17.2 Å². The van der Waals surface area contributed by atoms with Gasteiger partial charge in [-0.2, -0.15) is 10.5 Å². The van der Waals surface area contributed by atoms with E-state index >= 15 is 0 Å². The molecule has 0 unspecified atom stereocenters. The van der Waals surface area contributed by atoms with Crippen molar-refractivity contribution >= 4 is 17.5 Å². The maximum absolute atomic E-state index is 14.3. The van der Waals surface area contributed by atoms with Crippen molar-refractivity contribution in [1.29, 1.82) is 10.5 Å². The third-order valence-corrected chi connectivity index (χ3v) is 6.52. The molecule has 0 spiro atoms. The number of anilines is 1. The first-order valence-electron chi connectivity index (χ1n) is 10.4. The minimum atomic E-state index is -1.65. The molecule has 2 aliphatic heterocycles. The van der Waals surface area contributed by atoms with Crippen molar-refractivity contribution in [3.05, 3.63) is 107 Å². The van der Waals surface area contributed by atoms with E-state index in [1.165, 1.54) is 42.5 Å². The first-order valence-corrected chi connectivity index (χ1v) is 10.4. The van der Waals surface area contributed by atoms with E-state index < -0.39 is 35.1 Å². The lowest BCUT2D eigenvalue weighted by atomic mass is 9.69. The monoisotopic (exact) mass is 437 g/mol. The predicted molar refractivity (Wildman–Crippen MR) is 119 cm³/mol. The van der Waals surface area contributed by atoms with Gasteiger partial charge in [0.05, 0.1) is 18.2 Å². The van der Waals surface area contributed by atoms with E-state index in [1.54, 1.807) is 17.0 Å². The zero-order valence-electron chi connectivity index (χ0n) is 17.3. The maximum Gasteiger partial charge on any atom is 0.185 e. The van der Waals surface area contributed by atoms with Gasteiger partial charge < -0.3 is 4.90 Å². The molecule has 5 rings (SSSR count).